The molecule has 1 unspecified atom stereocenters. The van der Waals surface area contributed by atoms with E-state index >= 15 is 0 Å². The van der Waals surface area contributed by atoms with Crippen molar-refractivity contribution < 1.29 is 9.53 Å². The van der Waals surface area contributed by atoms with Crippen LogP contribution in [0.15, 0.2) is 0 Å². The number of fused-ring (bicyclic) bond motifs is 1. The third kappa shape index (κ3) is 3.12. The standard InChI is InChI=1S/C12H22N2O2.ClH/c1-3-11(12(15)16-4-2)14-7-9-5-13-6-10(9)8-14;/h9-11,13H,3-8H2,1-2H3;1H/t9-,10+,11?;. The number of carbonyl (C=O) groups is 1. The number of nitrogens with one attached hydrogen (secondary N) is 1. The molecule has 1 N–H and O–H groups in total. The van der Waals surface area contributed by atoms with Crippen molar-refractivity contribution in [2.24, 2.45) is 11.8 Å². The Balaban J connectivity index is 0.00000144. The zero-order valence-electron chi connectivity index (χ0n) is 10.6. The average molecular weight is 263 g/mol. The minimum Gasteiger partial charge on any atom is -0.465 e. The Bertz CT molecular complexity index is 251. The van der Waals surface area contributed by atoms with E-state index in [1.54, 1.807) is 0 Å². The van der Waals surface area contributed by atoms with Gasteiger partial charge in [-0.3, -0.25) is 9.69 Å². The summed E-state index contributed by atoms with van der Waals surface area (Å²) in [5.41, 5.74) is 0. The molecule has 0 aliphatic carbocycles. The summed E-state index contributed by atoms with van der Waals surface area (Å²) in [4.78, 5) is 14.1. The Morgan fingerprint density at radius 1 is 1.35 bits per heavy atom. The predicted octanol–water partition coefficient (Wildman–Crippen LogP) is 0.901. The van der Waals surface area contributed by atoms with Gasteiger partial charge in [-0.15, -0.1) is 12.4 Å². The summed E-state index contributed by atoms with van der Waals surface area (Å²) >= 11 is 0. The predicted molar refractivity (Wildman–Crippen MR) is 69.4 cm³/mol. The molecule has 0 radical (unpaired) electrons. The fraction of sp³-hybridized carbons (Fsp3) is 0.917. The zero-order chi connectivity index (χ0) is 11.5. The molecule has 5 heteroatoms. The summed E-state index contributed by atoms with van der Waals surface area (Å²) in [6, 6.07) is -0.0226. The van der Waals surface area contributed by atoms with E-state index < -0.39 is 0 Å². The first kappa shape index (κ1) is 14.7. The Morgan fingerprint density at radius 2 is 1.94 bits per heavy atom. The number of halogens is 1. The van der Waals surface area contributed by atoms with E-state index in [-0.39, 0.29) is 24.4 Å². The lowest BCUT2D eigenvalue weighted by Crippen LogP contribution is -2.41. The van der Waals surface area contributed by atoms with E-state index in [0.29, 0.717) is 6.61 Å². The van der Waals surface area contributed by atoms with Crippen molar-refractivity contribution in [1.29, 1.82) is 0 Å². The van der Waals surface area contributed by atoms with Crippen LogP contribution < -0.4 is 5.32 Å². The van der Waals surface area contributed by atoms with Gasteiger partial charge in [0.2, 0.25) is 0 Å². The summed E-state index contributed by atoms with van der Waals surface area (Å²) < 4.78 is 5.13. The molecule has 3 atom stereocenters. The first-order valence-corrected chi connectivity index (χ1v) is 6.37. The van der Waals surface area contributed by atoms with Gasteiger partial charge in [0.1, 0.15) is 6.04 Å². The smallest absolute Gasteiger partial charge is 0.323 e. The maximum absolute atomic E-state index is 11.8. The van der Waals surface area contributed by atoms with E-state index in [4.69, 9.17) is 4.74 Å². The second kappa shape index (κ2) is 6.57. The van der Waals surface area contributed by atoms with Crippen LogP contribution in [0, 0.1) is 11.8 Å². The molecule has 0 amide bonds. The highest BCUT2D eigenvalue weighted by molar-refractivity contribution is 5.85. The molecule has 2 rings (SSSR count). The number of esters is 1. The molecule has 0 saturated carbocycles. The highest BCUT2D eigenvalue weighted by atomic mass is 35.5. The van der Waals surface area contributed by atoms with E-state index in [0.717, 1.165) is 44.4 Å². The van der Waals surface area contributed by atoms with E-state index in [1.807, 2.05) is 6.92 Å². The molecule has 100 valence electrons. The summed E-state index contributed by atoms with van der Waals surface area (Å²) in [7, 11) is 0. The van der Waals surface area contributed by atoms with Crippen LogP contribution in [0.25, 0.3) is 0 Å². The lowest BCUT2D eigenvalue weighted by molar-refractivity contribution is -0.149. The second-order valence-corrected chi connectivity index (χ2v) is 4.81. The molecule has 2 heterocycles. The van der Waals surface area contributed by atoms with Gasteiger partial charge in [-0.05, 0) is 38.3 Å². The van der Waals surface area contributed by atoms with Crippen LogP contribution in [-0.4, -0.2) is 49.7 Å². The maximum atomic E-state index is 11.8. The molecule has 0 aromatic rings. The van der Waals surface area contributed by atoms with E-state index in [1.165, 1.54) is 0 Å². The first-order chi connectivity index (χ1) is 7.76. The first-order valence-electron chi connectivity index (χ1n) is 6.37. The molecule has 2 fully saturated rings. The van der Waals surface area contributed by atoms with Crippen molar-refractivity contribution >= 4 is 18.4 Å². The van der Waals surface area contributed by atoms with Gasteiger partial charge >= 0.3 is 5.97 Å². The maximum Gasteiger partial charge on any atom is 0.323 e. The minimum absolute atomic E-state index is 0. The number of hydrogen-bond acceptors (Lipinski definition) is 4. The van der Waals surface area contributed by atoms with Gasteiger partial charge in [-0.2, -0.15) is 0 Å². The Morgan fingerprint density at radius 3 is 2.41 bits per heavy atom. The normalized spacial score (nSPS) is 29.5. The van der Waals surface area contributed by atoms with Crippen LogP contribution in [0.5, 0.6) is 0 Å². The molecular formula is C12H23ClN2O2. The Labute approximate surface area is 109 Å². The van der Waals surface area contributed by atoms with Crippen LogP contribution in [0.4, 0.5) is 0 Å². The third-order valence-corrected chi connectivity index (χ3v) is 3.80. The SMILES string of the molecule is CCOC(=O)C(CC)N1C[C@H]2CNC[C@H]2C1.Cl. The highest BCUT2D eigenvalue weighted by Gasteiger charge is 2.40. The number of hydrogen-bond donors (Lipinski definition) is 1. The Kier molecular flexibility index (Phi) is 5.70. The van der Waals surface area contributed by atoms with Crippen LogP contribution in [0.3, 0.4) is 0 Å². The van der Waals surface area contributed by atoms with Gasteiger partial charge in [-0.1, -0.05) is 6.92 Å². The van der Waals surface area contributed by atoms with Crippen LogP contribution in [0.2, 0.25) is 0 Å². The van der Waals surface area contributed by atoms with Gasteiger partial charge in [0.15, 0.2) is 0 Å². The quantitative estimate of drug-likeness (QED) is 0.765. The lowest BCUT2D eigenvalue weighted by atomic mass is 10.0. The second-order valence-electron chi connectivity index (χ2n) is 4.81. The van der Waals surface area contributed by atoms with Crippen molar-refractivity contribution in [3.63, 3.8) is 0 Å². The molecule has 0 aromatic carbocycles. The molecular weight excluding hydrogens is 240 g/mol. The van der Waals surface area contributed by atoms with Crippen molar-refractivity contribution in [2.75, 3.05) is 32.8 Å². The average Bonchev–Trinajstić information content (AvgIpc) is 2.79. The summed E-state index contributed by atoms with van der Waals surface area (Å²) in [6.07, 6.45) is 0.853. The summed E-state index contributed by atoms with van der Waals surface area (Å²) in [5, 5.41) is 3.41. The number of likely N-dealkylation sites (tertiary alicyclic amines) is 1. The molecule has 0 aromatic heterocycles. The van der Waals surface area contributed by atoms with Gasteiger partial charge < -0.3 is 10.1 Å². The third-order valence-electron chi connectivity index (χ3n) is 3.80. The lowest BCUT2D eigenvalue weighted by Gasteiger charge is -2.25. The molecule has 0 bridgehead atoms. The number of rotatable bonds is 4. The minimum atomic E-state index is -0.0436. The van der Waals surface area contributed by atoms with Gasteiger partial charge in [0.05, 0.1) is 6.61 Å². The number of ether oxygens (including phenoxy) is 1. The summed E-state index contributed by atoms with van der Waals surface area (Å²) in [6.45, 7) is 8.74. The van der Waals surface area contributed by atoms with Crippen molar-refractivity contribution in [1.82, 2.24) is 10.2 Å². The van der Waals surface area contributed by atoms with Gasteiger partial charge in [-0.25, -0.2) is 0 Å². The number of nitrogens with zero attached hydrogens (tertiary/aromatic N) is 1. The molecule has 2 aliphatic rings. The van der Waals surface area contributed by atoms with Crippen molar-refractivity contribution in [2.45, 2.75) is 26.3 Å². The molecule has 2 aliphatic heterocycles. The van der Waals surface area contributed by atoms with Crippen LogP contribution in [0.1, 0.15) is 20.3 Å². The monoisotopic (exact) mass is 262 g/mol. The van der Waals surface area contributed by atoms with E-state index in [9.17, 15) is 4.79 Å². The molecule has 0 spiro atoms. The fourth-order valence-corrected chi connectivity index (χ4v) is 2.96. The topological polar surface area (TPSA) is 41.6 Å². The van der Waals surface area contributed by atoms with Gasteiger partial charge in [0.25, 0.3) is 0 Å². The van der Waals surface area contributed by atoms with Crippen molar-refractivity contribution in [3.05, 3.63) is 0 Å². The molecule has 17 heavy (non-hydrogen) atoms. The van der Waals surface area contributed by atoms with Crippen molar-refractivity contribution in [3.8, 4) is 0 Å². The molecule has 2 saturated heterocycles. The van der Waals surface area contributed by atoms with Crippen LogP contribution in [-0.2, 0) is 9.53 Å². The fourth-order valence-electron chi connectivity index (χ4n) is 2.96. The van der Waals surface area contributed by atoms with Crippen LogP contribution >= 0.6 is 12.4 Å². The Hall–Kier alpha value is -0.320. The molecule has 4 nitrogen and oxygen atoms in total. The van der Waals surface area contributed by atoms with Gasteiger partial charge in [0, 0.05) is 13.1 Å². The number of carbonyl (C=O) groups excluding carboxylic acids is 1. The van der Waals surface area contributed by atoms with E-state index in [2.05, 4.69) is 17.1 Å². The zero-order valence-corrected chi connectivity index (χ0v) is 11.5. The largest absolute Gasteiger partial charge is 0.465 e. The highest BCUT2D eigenvalue weighted by Crippen LogP contribution is 2.28. The summed E-state index contributed by atoms with van der Waals surface area (Å²) in [5.74, 6) is 1.44.